The van der Waals surface area contributed by atoms with Crippen LogP contribution < -0.4 is 0 Å². The highest BCUT2D eigenvalue weighted by Gasteiger charge is 2.10. The second-order valence-electron chi connectivity index (χ2n) is 4.01. The maximum atomic E-state index is 11.9. The van der Waals surface area contributed by atoms with Crippen LogP contribution in [0.25, 0.3) is 0 Å². The minimum Gasteiger partial charge on any atom is -0.478 e. The number of thiophene rings is 1. The van der Waals surface area contributed by atoms with Crippen LogP contribution in [0, 0.1) is 6.92 Å². The van der Waals surface area contributed by atoms with Gasteiger partial charge in [-0.3, -0.25) is 4.79 Å². The lowest BCUT2D eigenvalue weighted by molar-refractivity contribution is 0.0696. The minimum absolute atomic E-state index is 0.0659. The van der Waals surface area contributed by atoms with E-state index in [4.69, 9.17) is 5.11 Å². The van der Waals surface area contributed by atoms with E-state index in [1.165, 1.54) is 23.5 Å². The van der Waals surface area contributed by atoms with Crippen molar-refractivity contribution in [2.24, 2.45) is 0 Å². The number of hydrogen-bond acceptors (Lipinski definition) is 3. The lowest BCUT2D eigenvalue weighted by Crippen LogP contribution is -2.02. The molecule has 4 heteroatoms. The van der Waals surface area contributed by atoms with Crippen LogP contribution in [-0.4, -0.2) is 16.9 Å². The highest BCUT2D eigenvalue weighted by atomic mass is 32.1. The molecule has 0 atom stereocenters. The van der Waals surface area contributed by atoms with Crippen molar-refractivity contribution in [3.63, 3.8) is 0 Å². The zero-order valence-corrected chi connectivity index (χ0v) is 10.7. The van der Waals surface area contributed by atoms with Gasteiger partial charge in [0.1, 0.15) is 0 Å². The molecule has 92 valence electrons. The van der Waals surface area contributed by atoms with Crippen molar-refractivity contribution in [1.29, 1.82) is 0 Å². The zero-order chi connectivity index (χ0) is 13.1. The summed E-state index contributed by atoms with van der Waals surface area (Å²) in [4.78, 5) is 24.5. The zero-order valence-electron chi connectivity index (χ0n) is 9.84. The van der Waals surface area contributed by atoms with Gasteiger partial charge in [-0.25, -0.2) is 4.79 Å². The molecule has 0 aliphatic rings. The van der Waals surface area contributed by atoms with E-state index >= 15 is 0 Å². The summed E-state index contributed by atoms with van der Waals surface area (Å²) in [6.45, 7) is 1.96. The molecule has 0 unspecified atom stereocenters. The number of carboxylic acids is 1. The summed E-state index contributed by atoms with van der Waals surface area (Å²) >= 11 is 1.48. The van der Waals surface area contributed by atoms with Gasteiger partial charge in [-0.05, 0) is 36.8 Å². The first-order valence-corrected chi connectivity index (χ1v) is 6.30. The smallest absolute Gasteiger partial charge is 0.335 e. The molecule has 0 spiro atoms. The Balaban J connectivity index is 2.10. The van der Waals surface area contributed by atoms with Crippen molar-refractivity contribution in [3.8, 4) is 0 Å². The Bertz CT molecular complexity index is 581. The SMILES string of the molecule is Cc1ccc(C(=O)Cc2ccc(C(=O)O)cc2)s1. The molecule has 0 fully saturated rings. The van der Waals surface area contributed by atoms with E-state index in [0.29, 0.717) is 6.42 Å². The van der Waals surface area contributed by atoms with Gasteiger partial charge in [-0.1, -0.05) is 12.1 Å². The van der Waals surface area contributed by atoms with Gasteiger partial charge in [0.25, 0.3) is 0 Å². The average molecular weight is 260 g/mol. The normalized spacial score (nSPS) is 10.3. The number of carboxylic acid groups (broad SMARTS) is 1. The van der Waals surface area contributed by atoms with Crippen LogP contribution >= 0.6 is 11.3 Å². The summed E-state index contributed by atoms with van der Waals surface area (Å²) in [7, 11) is 0. The van der Waals surface area contributed by atoms with Crippen LogP contribution in [0.4, 0.5) is 0 Å². The molecule has 2 aromatic rings. The summed E-state index contributed by atoms with van der Waals surface area (Å²) in [5, 5.41) is 8.77. The van der Waals surface area contributed by atoms with Crippen LogP contribution in [0.3, 0.4) is 0 Å². The van der Waals surface area contributed by atoms with Gasteiger partial charge in [-0.2, -0.15) is 0 Å². The molecule has 3 nitrogen and oxygen atoms in total. The monoisotopic (exact) mass is 260 g/mol. The fourth-order valence-corrected chi connectivity index (χ4v) is 2.43. The predicted octanol–water partition coefficient (Wildman–Crippen LogP) is 3.18. The fourth-order valence-electron chi connectivity index (χ4n) is 1.62. The largest absolute Gasteiger partial charge is 0.478 e. The molecule has 18 heavy (non-hydrogen) atoms. The van der Waals surface area contributed by atoms with E-state index in [0.717, 1.165) is 15.3 Å². The summed E-state index contributed by atoms with van der Waals surface area (Å²) in [5.74, 6) is -0.891. The van der Waals surface area contributed by atoms with E-state index in [1.54, 1.807) is 12.1 Å². The molecule has 0 saturated carbocycles. The van der Waals surface area contributed by atoms with Crippen LogP contribution in [0.1, 0.15) is 30.5 Å². The van der Waals surface area contributed by atoms with Crippen LogP contribution in [-0.2, 0) is 6.42 Å². The van der Waals surface area contributed by atoms with Crippen LogP contribution in [0.15, 0.2) is 36.4 Å². The van der Waals surface area contributed by atoms with Gasteiger partial charge < -0.3 is 5.11 Å². The van der Waals surface area contributed by atoms with Crippen molar-refractivity contribution in [2.75, 3.05) is 0 Å². The molecule has 0 radical (unpaired) electrons. The maximum absolute atomic E-state index is 11.9. The van der Waals surface area contributed by atoms with Gasteiger partial charge in [-0.15, -0.1) is 11.3 Å². The molecule has 1 heterocycles. The minimum atomic E-state index is -0.957. The first kappa shape index (κ1) is 12.5. The molecule has 1 N–H and O–H groups in total. The third-order valence-corrected chi connectivity index (χ3v) is 3.62. The van der Waals surface area contributed by atoms with Gasteiger partial charge in [0.05, 0.1) is 10.4 Å². The van der Waals surface area contributed by atoms with Crippen molar-refractivity contribution in [3.05, 3.63) is 57.3 Å². The molecular formula is C14H12O3S. The number of ketones is 1. The molecule has 0 amide bonds. The molecular weight excluding hydrogens is 248 g/mol. The fraction of sp³-hybridized carbons (Fsp3) is 0.143. The number of benzene rings is 1. The number of carbonyl (C=O) groups is 2. The Hall–Kier alpha value is -1.94. The molecule has 0 bridgehead atoms. The molecule has 1 aromatic carbocycles. The number of Topliss-reactive ketones (excluding diaryl/α,β-unsaturated/α-hetero) is 1. The van der Waals surface area contributed by atoms with Crippen molar-refractivity contribution >= 4 is 23.1 Å². The first-order valence-electron chi connectivity index (χ1n) is 5.48. The van der Waals surface area contributed by atoms with Crippen LogP contribution in [0.2, 0.25) is 0 Å². The second kappa shape index (κ2) is 5.14. The maximum Gasteiger partial charge on any atom is 0.335 e. The first-order chi connectivity index (χ1) is 8.56. The number of rotatable bonds is 4. The second-order valence-corrected chi connectivity index (χ2v) is 5.30. The molecule has 1 aromatic heterocycles. The quantitative estimate of drug-likeness (QED) is 0.859. The van der Waals surface area contributed by atoms with Crippen molar-refractivity contribution in [2.45, 2.75) is 13.3 Å². The Labute approximate surface area is 109 Å². The molecule has 2 rings (SSSR count). The Morgan fingerprint density at radius 3 is 2.28 bits per heavy atom. The van der Waals surface area contributed by atoms with Crippen LogP contribution in [0.5, 0.6) is 0 Å². The van der Waals surface area contributed by atoms with E-state index in [2.05, 4.69) is 0 Å². The van der Waals surface area contributed by atoms with E-state index in [9.17, 15) is 9.59 Å². The van der Waals surface area contributed by atoms with Crippen molar-refractivity contribution < 1.29 is 14.7 Å². The summed E-state index contributed by atoms with van der Waals surface area (Å²) in [6, 6.07) is 10.2. The summed E-state index contributed by atoms with van der Waals surface area (Å²) in [6.07, 6.45) is 0.305. The van der Waals surface area contributed by atoms with E-state index < -0.39 is 5.97 Å². The number of aryl methyl sites for hydroxylation is 1. The number of aromatic carboxylic acids is 1. The lowest BCUT2D eigenvalue weighted by atomic mass is 10.1. The average Bonchev–Trinajstić information content (AvgIpc) is 2.76. The number of hydrogen-bond donors (Lipinski definition) is 1. The summed E-state index contributed by atoms with van der Waals surface area (Å²) < 4.78 is 0. The lowest BCUT2D eigenvalue weighted by Gasteiger charge is -2.00. The van der Waals surface area contributed by atoms with E-state index in [-0.39, 0.29) is 11.3 Å². The number of carbonyl (C=O) groups excluding carboxylic acids is 1. The van der Waals surface area contributed by atoms with Crippen molar-refractivity contribution in [1.82, 2.24) is 0 Å². The van der Waals surface area contributed by atoms with Gasteiger partial charge in [0.2, 0.25) is 0 Å². The Kier molecular flexibility index (Phi) is 3.58. The topological polar surface area (TPSA) is 54.4 Å². The molecule has 0 aliphatic carbocycles. The predicted molar refractivity (Wildman–Crippen MR) is 70.5 cm³/mol. The molecule has 0 saturated heterocycles. The van der Waals surface area contributed by atoms with Gasteiger partial charge in [0.15, 0.2) is 5.78 Å². The third kappa shape index (κ3) is 2.84. The van der Waals surface area contributed by atoms with Gasteiger partial charge in [0, 0.05) is 11.3 Å². The standard InChI is InChI=1S/C14H12O3S/c1-9-2-7-13(18-9)12(15)8-10-3-5-11(6-4-10)14(16)17/h2-7H,8H2,1H3,(H,16,17). The Morgan fingerprint density at radius 1 is 1.11 bits per heavy atom. The van der Waals surface area contributed by atoms with Gasteiger partial charge >= 0.3 is 5.97 Å². The highest BCUT2D eigenvalue weighted by molar-refractivity contribution is 7.14. The van der Waals surface area contributed by atoms with E-state index in [1.807, 2.05) is 19.1 Å². The highest BCUT2D eigenvalue weighted by Crippen LogP contribution is 2.17. The molecule has 0 aliphatic heterocycles. The third-order valence-electron chi connectivity index (χ3n) is 2.58. The summed E-state index contributed by atoms with van der Waals surface area (Å²) in [5.41, 5.74) is 1.06. The Morgan fingerprint density at radius 2 is 1.78 bits per heavy atom.